The number of rotatable bonds is 2. The summed E-state index contributed by atoms with van der Waals surface area (Å²) < 4.78 is 5.98. The molecule has 0 radical (unpaired) electrons. The highest BCUT2D eigenvalue weighted by atomic mass is 16.5. The Labute approximate surface area is 173 Å². The van der Waals surface area contributed by atoms with Gasteiger partial charge in [-0.2, -0.15) is 0 Å². The lowest BCUT2D eigenvalue weighted by Crippen LogP contribution is -2.47. The summed E-state index contributed by atoms with van der Waals surface area (Å²) in [5, 5.41) is 15.6. The Balaban J connectivity index is 0.000000275. The van der Waals surface area contributed by atoms with E-state index in [2.05, 4.69) is 27.9 Å². The van der Waals surface area contributed by atoms with Crippen LogP contribution in [0.4, 0.5) is 5.69 Å². The molecule has 156 valence electrons. The summed E-state index contributed by atoms with van der Waals surface area (Å²) in [5.41, 5.74) is 1.82. The molecule has 1 saturated heterocycles. The summed E-state index contributed by atoms with van der Waals surface area (Å²) in [6.45, 7) is 4.03. The van der Waals surface area contributed by atoms with Gasteiger partial charge in [0, 0.05) is 44.5 Å². The first-order valence-corrected chi connectivity index (χ1v) is 9.32. The normalized spacial score (nSPS) is 15.6. The molecule has 1 aromatic heterocycles. The number of hydrogen-bond acceptors (Lipinski definition) is 7. The van der Waals surface area contributed by atoms with Gasteiger partial charge in [0.1, 0.15) is 17.3 Å². The lowest BCUT2D eigenvalue weighted by Gasteiger charge is -2.34. The molecule has 3 heterocycles. The van der Waals surface area contributed by atoms with Crippen LogP contribution in [0.15, 0.2) is 59.7 Å². The first-order chi connectivity index (χ1) is 14.4. The Bertz CT molecular complexity index is 965. The minimum Gasteiger partial charge on any atom is -0.478 e. The highest BCUT2D eigenvalue weighted by Gasteiger charge is 2.24. The molecule has 0 atom stereocenters. The van der Waals surface area contributed by atoms with Gasteiger partial charge in [0.15, 0.2) is 0 Å². The van der Waals surface area contributed by atoms with Crippen molar-refractivity contribution in [3.8, 4) is 11.6 Å². The second kappa shape index (κ2) is 9.66. The summed E-state index contributed by atoms with van der Waals surface area (Å²) >= 11 is 0. The van der Waals surface area contributed by atoms with Crippen LogP contribution in [-0.4, -0.2) is 76.0 Å². The van der Waals surface area contributed by atoms with Crippen molar-refractivity contribution >= 4 is 23.5 Å². The quantitative estimate of drug-likeness (QED) is 0.724. The van der Waals surface area contributed by atoms with E-state index in [0.29, 0.717) is 18.0 Å². The van der Waals surface area contributed by atoms with Gasteiger partial charge in [0.2, 0.25) is 5.88 Å². The van der Waals surface area contributed by atoms with Crippen molar-refractivity contribution in [2.75, 3.05) is 33.2 Å². The number of aromatic nitrogens is 1. The van der Waals surface area contributed by atoms with Gasteiger partial charge >= 0.3 is 11.9 Å². The van der Waals surface area contributed by atoms with Gasteiger partial charge < -0.3 is 24.7 Å². The first kappa shape index (κ1) is 21.0. The van der Waals surface area contributed by atoms with Gasteiger partial charge in [0.25, 0.3) is 0 Å². The molecule has 0 saturated carbocycles. The maximum absolute atomic E-state index is 9.55. The standard InChI is InChI=1S/C17H18N4O.C4H4O4/c1-20-9-11-21(12-10-20)16-13-5-2-3-7-15(13)22-17-14(19-16)6-4-8-18-17;5-3(6)1-2-4(7)8/h2-8H,9-12H2,1H3;1-2H,(H,5,6)(H,7,8). The summed E-state index contributed by atoms with van der Waals surface area (Å²) in [6.07, 6.45) is 2.85. The van der Waals surface area contributed by atoms with E-state index in [9.17, 15) is 9.59 Å². The van der Waals surface area contributed by atoms with Gasteiger partial charge in [-0.05, 0) is 31.3 Å². The number of carboxylic acid groups (broad SMARTS) is 2. The van der Waals surface area contributed by atoms with E-state index in [0.717, 1.165) is 49.0 Å². The third-order valence-corrected chi connectivity index (χ3v) is 4.48. The number of fused-ring (bicyclic) bond motifs is 2. The Morgan fingerprint density at radius 1 is 1.00 bits per heavy atom. The van der Waals surface area contributed by atoms with Gasteiger partial charge in [-0.3, -0.25) is 0 Å². The third-order valence-electron chi connectivity index (χ3n) is 4.48. The van der Waals surface area contributed by atoms with Crippen LogP contribution in [0.25, 0.3) is 0 Å². The maximum atomic E-state index is 9.55. The topological polar surface area (TPSA) is 116 Å². The van der Waals surface area contributed by atoms with Gasteiger partial charge in [0.05, 0.1) is 5.56 Å². The average molecular weight is 410 g/mol. The Morgan fingerprint density at radius 3 is 2.33 bits per heavy atom. The maximum Gasteiger partial charge on any atom is 0.328 e. The van der Waals surface area contributed by atoms with E-state index < -0.39 is 11.9 Å². The van der Waals surface area contributed by atoms with Crippen molar-refractivity contribution in [3.05, 3.63) is 60.3 Å². The fraction of sp³-hybridized carbons (Fsp3) is 0.238. The van der Waals surface area contributed by atoms with E-state index in [4.69, 9.17) is 19.9 Å². The highest BCUT2D eigenvalue weighted by Crippen LogP contribution is 2.36. The van der Waals surface area contributed by atoms with E-state index in [1.54, 1.807) is 6.20 Å². The monoisotopic (exact) mass is 410 g/mol. The number of likely N-dealkylation sites (N-methyl/N-ethyl adjacent to an activating group) is 1. The number of hydrogen-bond donors (Lipinski definition) is 2. The SMILES string of the molecule is CN1CCN(C2=Nc3cccnc3Oc3ccccc32)CC1.O=C(O)C=CC(=O)O. The smallest absolute Gasteiger partial charge is 0.328 e. The molecule has 2 aliphatic heterocycles. The number of amidine groups is 1. The molecule has 0 amide bonds. The van der Waals surface area contributed by atoms with Crippen LogP contribution in [0, 0.1) is 0 Å². The van der Waals surface area contributed by atoms with E-state index in [1.165, 1.54) is 0 Å². The Hall–Kier alpha value is -3.72. The van der Waals surface area contributed by atoms with Crippen molar-refractivity contribution in [1.29, 1.82) is 0 Å². The number of benzene rings is 1. The molecular formula is C21H22N4O5. The van der Waals surface area contributed by atoms with Crippen LogP contribution in [0.3, 0.4) is 0 Å². The summed E-state index contributed by atoms with van der Waals surface area (Å²) in [5.74, 6) is -0.146. The lowest BCUT2D eigenvalue weighted by atomic mass is 10.1. The number of para-hydroxylation sites is 1. The Morgan fingerprint density at radius 2 is 1.67 bits per heavy atom. The molecular weight excluding hydrogens is 388 g/mol. The third kappa shape index (κ3) is 5.42. The van der Waals surface area contributed by atoms with Crippen LogP contribution < -0.4 is 4.74 Å². The number of pyridine rings is 1. The Kier molecular flexibility index (Phi) is 6.76. The lowest BCUT2D eigenvalue weighted by molar-refractivity contribution is -0.134. The van der Waals surface area contributed by atoms with Crippen LogP contribution >= 0.6 is 0 Å². The van der Waals surface area contributed by atoms with Crippen molar-refractivity contribution in [2.24, 2.45) is 4.99 Å². The van der Waals surface area contributed by atoms with E-state index >= 15 is 0 Å². The predicted molar refractivity (Wildman–Crippen MR) is 110 cm³/mol. The van der Waals surface area contributed by atoms with Gasteiger partial charge in [-0.15, -0.1) is 0 Å². The number of ether oxygens (including phenoxy) is 1. The fourth-order valence-corrected chi connectivity index (χ4v) is 2.97. The van der Waals surface area contributed by atoms with E-state index in [-0.39, 0.29) is 0 Å². The highest BCUT2D eigenvalue weighted by molar-refractivity contribution is 6.03. The minimum atomic E-state index is -1.26. The molecule has 0 unspecified atom stereocenters. The molecule has 2 aliphatic rings. The zero-order valence-electron chi connectivity index (χ0n) is 16.4. The average Bonchev–Trinajstić information content (AvgIpc) is 2.90. The second-order valence-electron chi connectivity index (χ2n) is 6.66. The van der Waals surface area contributed by atoms with Crippen LogP contribution in [0.2, 0.25) is 0 Å². The number of piperazine rings is 1. The van der Waals surface area contributed by atoms with Crippen molar-refractivity contribution in [3.63, 3.8) is 0 Å². The summed E-state index contributed by atoms with van der Waals surface area (Å²) in [4.78, 5) is 33.0. The summed E-state index contributed by atoms with van der Waals surface area (Å²) in [6, 6.07) is 11.9. The number of carboxylic acids is 2. The molecule has 30 heavy (non-hydrogen) atoms. The zero-order valence-corrected chi connectivity index (χ0v) is 16.4. The summed E-state index contributed by atoms with van der Waals surface area (Å²) in [7, 11) is 2.16. The first-order valence-electron chi connectivity index (χ1n) is 9.32. The van der Waals surface area contributed by atoms with E-state index in [1.807, 2.05) is 30.3 Å². The van der Waals surface area contributed by atoms with Crippen molar-refractivity contribution in [2.45, 2.75) is 0 Å². The molecule has 1 aromatic carbocycles. The van der Waals surface area contributed by atoms with Crippen LogP contribution in [-0.2, 0) is 9.59 Å². The molecule has 4 rings (SSSR count). The fourth-order valence-electron chi connectivity index (χ4n) is 2.97. The molecule has 9 nitrogen and oxygen atoms in total. The largest absolute Gasteiger partial charge is 0.478 e. The second-order valence-corrected chi connectivity index (χ2v) is 6.66. The number of aliphatic carboxylic acids is 2. The molecule has 9 heteroatoms. The predicted octanol–water partition coefficient (Wildman–Crippen LogP) is 2.22. The molecule has 1 fully saturated rings. The molecule has 2 aromatic rings. The molecule has 2 N–H and O–H groups in total. The molecule has 0 bridgehead atoms. The van der Waals surface area contributed by atoms with Gasteiger partial charge in [-0.25, -0.2) is 19.6 Å². The number of carbonyl (C=O) groups is 2. The number of aliphatic imine (C=N–C) groups is 1. The van der Waals surface area contributed by atoms with Crippen molar-refractivity contribution in [1.82, 2.24) is 14.8 Å². The van der Waals surface area contributed by atoms with Gasteiger partial charge in [-0.1, -0.05) is 12.1 Å². The van der Waals surface area contributed by atoms with Crippen molar-refractivity contribution < 1.29 is 24.5 Å². The van der Waals surface area contributed by atoms with Crippen LogP contribution in [0.1, 0.15) is 5.56 Å². The number of nitrogens with zero attached hydrogens (tertiary/aromatic N) is 4. The molecule has 0 aliphatic carbocycles. The zero-order chi connectivity index (χ0) is 21.5. The van der Waals surface area contributed by atoms with Crippen LogP contribution in [0.5, 0.6) is 11.6 Å². The minimum absolute atomic E-state index is 0.558. The molecule has 0 spiro atoms.